The van der Waals surface area contributed by atoms with E-state index in [4.69, 9.17) is 19.9 Å². The third-order valence-electron chi connectivity index (χ3n) is 3.74. The molecule has 0 saturated carbocycles. The smallest absolute Gasteiger partial charge is 0.409 e. The number of nitrogens with two attached hydrogens (primary N) is 1. The normalized spacial score (nSPS) is 14.8. The van der Waals surface area contributed by atoms with E-state index in [1.807, 2.05) is 6.92 Å². The summed E-state index contributed by atoms with van der Waals surface area (Å²) in [5.74, 6) is 1.91. The monoisotopic (exact) mass is 344 g/mol. The van der Waals surface area contributed by atoms with Crippen molar-refractivity contribution in [3.8, 4) is 17.4 Å². The largest absolute Gasteiger partial charge is 0.439 e. The Bertz CT molecular complexity index is 730. The van der Waals surface area contributed by atoms with Crippen molar-refractivity contribution >= 4 is 12.0 Å². The lowest BCUT2D eigenvalue weighted by atomic mass is 10.1. The number of benzene rings is 1. The zero-order valence-corrected chi connectivity index (χ0v) is 13.9. The van der Waals surface area contributed by atoms with Gasteiger partial charge in [0, 0.05) is 31.0 Å². The fraction of sp³-hybridized carbons (Fsp3) is 0.353. The summed E-state index contributed by atoms with van der Waals surface area (Å²) >= 11 is 0. The average molecular weight is 344 g/mol. The highest BCUT2D eigenvalue weighted by atomic mass is 16.5. The Morgan fingerprint density at radius 2 is 1.92 bits per heavy atom. The Morgan fingerprint density at radius 3 is 2.60 bits per heavy atom. The molecule has 3 rings (SSSR count). The highest BCUT2D eigenvalue weighted by molar-refractivity contribution is 5.68. The van der Waals surface area contributed by atoms with Crippen molar-refractivity contribution < 1.29 is 19.0 Å². The molecule has 1 amide bonds. The van der Waals surface area contributed by atoms with E-state index in [9.17, 15) is 4.79 Å². The summed E-state index contributed by atoms with van der Waals surface area (Å²) in [7, 11) is 0. The number of nitrogens with one attached hydrogen (secondary N) is 1. The molecule has 132 valence electrons. The highest BCUT2D eigenvalue weighted by Gasteiger charge is 2.15. The molecule has 2 aromatic rings. The predicted molar refractivity (Wildman–Crippen MR) is 91.0 cm³/mol. The van der Waals surface area contributed by atoms with Gasteiger partial charge >= 0.3 is 6.09 Å². The quantitative estimate of drug-likeness (QED) is 0.858. The second kappa shape index (κ2) is 7.80. The molecule has 1 saturated heterocycles. The van der Waals surface area contributed by atoms with Crippen LogP contribution in [-0.4, -0.2) is 35.3 Å². The van der Waals surface area contributed by atoms with Gasteiger partial charge in [-0.05, 0) is 44.0 Å². The van der Waals surface area contributed by atoms with Gasteiger partial charge in [-0.15, -0.1) is 0 Å². The number of amides is 1. The molecule has 1 aliphatic rings. The Morgan fingerprint density at radius 1 is 1.24 bits per heavy atom. The number of nitrogens with zero attached hydrogens (tertiary/aromatic N) is 2. The van der Waals surface area contributed by atoms with Gasteiger partial charge in [0.25, 0.3) is 0 Å². The third kappa shape index (κ3) is 4.80. The van der Waals surface area contributed by atoms with E-state index in [1.54, 1.807) is 30.5 Å². The molecule has 0 radical (unpaired) electrons. The van der Waals surface area contributed by atoms with E-state index in [1.165, 1.54) is 0 Å². The molecule has 1 aliphatic heterocycles. The number of carbonyl (C=O) groups is 1. The van der Waals surface area contributed by atoms with Gasteiger partial charge in [-0.1, -0.05) is 0 Å². The molecular weight excluding hydrogens is 324 g/mol. The number of carbonyl (C=O) groups excluding carboxylic acids is 1. The first-order valence-corrected chi connectivity index (χ1v) is 8.03. The molecule has 3 N–H and O–H groups in total. The summed E-state index contributed by atoms with van der Waals surface area (Å²) in [5, 5.41) is 3.31. The maximum atomic E-state index is 10.7. The Labute approximate surface area is 145 Å². The van der Waals surface area contributed by atoms with Crippen LogP contribution >= 0.6 is 0 Å². The highest BCUT2D eigenvalue weighted by Crippen LogP contribution is 2.26. The Balaban J connectivity index is 1.68. The zero-order chi connectivity index (χ0) is 17.6. The number of hydrogen-bond donors (Lipinski definition) is 2. The Hall–Kier alpha value is -2.87. The van der Waals surface area contributed by atoms with Crippen molar-refractivity contribution in [3.63, 3.8) is 0 Å². The number of aryl methyl sites for hydroxylation is 1. The molecule has 8 nitrogen and oxygen atoms in total. The van der Waals surface area contributed by atoms with Crippen molar-refractivity contribution in [1.82, 2.24) is 9.97 Å². The van der Waals surface area contributed by atoms with Gasteiger partial charge in [-0.25, -0.2) is 9.78 Å². The lowest BCUT2D eigenvalue weighted by Gasteiger charge is -2.23. The number of rotatable bonds is 5. The van der Waals surface area contributed by atoms with Crippen LogP contribution in [0.2, 0.25) is 0 Å². The van der Waals surface area contributed by atoms with Crippen LogP contribution < -0.4 is 20.5 Å². The molecule has 1 aromatic carbocycles. The maximum Gasteiger partial charge on any atom is 0.409 e. The van der Waals surface area contributed by atoms with Crippen LogP contribution in [0.4, 0.5) is 10.7 Å². The first-order chi connectivity index (χ1) is 12.1. The minimum atomic E-state index is -0.857. The van der Waals surface area contributed by atoms with Crippen LogP contribution in [-0.2, 0) is 4.74 Å². The lowest BCUT2D eigenvalue weighted by Crippen LogP contribution is -2.28. The second-order valence-corrected chi connectivity index (χ2v) is 5.71. The molecule has 0 bridgehead atoms. The van der Waals surface area contributed by atoms with Gasteiger partial charge in [-0.2, -0.15) is 4.98 Å². The van der Waals surface area contributed by atoms with E-state index < -0.39 is 6.09 Å². The summed E-state index contributed by atoms with van der Waals surface area (Å²) in [4.78, 5) is 19.5. The lowest BCUT2D eigenvalue weighted by molar-refractivity contribution is 0.0903. The molecule has 1 aromatic heterocycles. The van der Waals surface area contributed by atoms with Gasteiger partial charge in [0.15, 0.2) is 0 Å². The molecule has 0 unspecified atom stereocenters. The van der Waals surface area contributed by atoms with Crippen LogP contribution in [0.5, 0.6) is 17.4 Å². The van der Waals surface area contributed by atoms with Gasteiger partial charge in [0.05, 0.1) is 0 Å². The minimum absolute atomic E-state index is 0.300. The standard InChI is InChI=1S/C17H20N4O4/c1-11-10-19-17(20-12-6-8-23-9-7-12)21-15(11)24-13-2-4-14(5-3-13)25-16(18)22/h2-5,10,12H,6-9H2,1H3,(H2,18,22)(H,19,20,21). The number of aromatic nitrogens is 2. The molecular formula is C17H20N4O4. The summed E-state index contributed by atoms with van der Waals surface area (Å²) in [6.07, 6.45) is 2.71. The topological polar surface area (TPSA) is 109 Å². The Kier molecular flexibility index (Phi) is 5.30. The molecule has 2 heterocycles. The SMILES string of the molecule is Cc1cnc(NC2CCOCC2)nc1Oc1ccc(OC(N)=O)cc1. The van der Waals surface area contributed by atoms with Crippen molar-refractivity contribution in [2.45, 2.75) is 25.8 Å². The van der Waals surface area contributed by atoms with Crippen LogP contribution in [0.15, 0.2) is 30.5 Å². The number of primary amides is 1. The minimum Gasteiger partial charge on any atom is -0.439 e. The van der Waals surface area contributed by atoms with Crippen molar-refractivity contribution in [2.24, 2.45) is 5.73 Å². The predicted octanol–water partition coefficient (Wildman–Crippen LogP) is 2.63. The van der Waals surface area contributed by atoms with Gasteiger partial charge in [0.1, 0.15) is 11.5 Å². The summed E-state index contributed by atoms with van der Waals surface area (Å²) < 4.78 is 15.9. The summed E-state index contributed by atoms with van der Waals surface area (Å²) in [6, 6.07) is 6.83. The molecule has 0 atom stereocenters. The van der Waals surface area contributed by atoms with E-state index in [0.29, 0.717) is 29.4 Å². The van der Waals surface area contributed by atoms with Crippen molar-refractivity contribution in [2.75, 3.05) is 18.5 Å². The molecule has 8 heteroatoms. The second-order valence-electron chi connectivity index (χ2n) is 5.71. The van der Waals surface area contributed by atoms with Crippen molar-refractivity contribution in [3.05, 3.63) is 36.0 Å². The summed E-state index contributed by atoms with van der Waals surface area (Å²) in [5.41, 5.74) is 5.79. The third-order valence-corrected chi connectivity index (χ3v) is 3.74. The average Bonchev–Trinajstić information content (AvgIpc) is 2.60. The van der Waals surface area contributed by atoms with E-state index >= 15 is 0 Å². The van der Waals surface area contributed by atoms with Gasteiger partial charge < -0.3 is 25.3 Å². The molecule has 0 aliphatic carbocycles. The molecule has 25 heavy (non-hydrogen) atoms. The van der Waals surface area contributed by atoms with Crippen LogP contribution in [0, 0.1) is 6.92 Å². The van der Waals surface area contributed by atoms with Crippen LogP contribution in [0.3, 0.4) is 0 Å². The fourth-order valence-electron chi connectivity index (χ4n) is 2.43. The van der Waals surface area contributed by atoms with Gasteiger partial charge in [0.2, 0.25) is 11.8 Å². The van der Waals surface area contributed by atoms with E-state index in [2.05, 4.69) is 15.3 Å². The van der Waals surface area contributed by atoms with Crippen molar-refractivity contribution in [1.29, 1.82) is 0 Å². The number of ether oxygens (including phenoxy) is 3. The maximum absolute atomic E-state index is 10.7. The first-order valence-electron chi connectivity index (χ1n) is 8.03. The fourth-order valence-corrected chi connectivity index (χ4v) is 2.43. The van der Waals surface area contributed by atoms with Gasteiger partial charge in [-0.3, -0.25) is 0 Å². The van der Waals surface area contributed by atoms with Crippen LogP contribution in [0.25, 0.3) is 0 Å². The zero-order valence-electron chi connectivity index (χ0n) is 13.9. The number of hydrogen-bond acceptors (Lipinski definition) is 7. The molecule has 1 fully saturated rings. The molecule has 0 spiro atoms. The van der Waals surface area contributed by atoms with Crippen LogP contribution in [0.1, 0.15) is 18.4 Å². The summed E-state index contributed by atoms with van der Waals surface area (Å²) in [6.45, 7) is 3.36. The van der Waals surface area contributed by atoms with E-state index in [0.717, 1.165) is 31.6 Å². The number of anilines is 1. The first kappa shape index (κ1) is 17.0. The van der Waals surface area contributed by atoms with E-state index in [-0.39, 0.29) is 0 Å².